The van der Waals surface area contributed by atoms with E-state index in [0.29, 0.717) is 17.9 Å². The highest BCUT2D eigenvalue weighted by molar-refractivity contribution is 7.80. The fourth-order valence-electron chi connectivity index (χ4n) is 2.05. The van der Waals surface area contributed by atoms with E-state index in [2.05, 4.69) is 10.6 Å². The predicted octanol–water partition coefficient (Wildman–Crippen LogP) is 3.30. The summed E-state index contributed by atoms with van der Waals surface area (Å²) in [5.74, 6) is 1.40. The second-order valence-electron chi connectivity index (χ2n) is 5.60. The van der Waals surface area contributed by atoms with E-state index < -0.39 is 0 Å². The van der Waals surface area contributed by atoms with Gasteiger partial charge in [0.2, 0.25) is 5.91 Å². The van der Waals surface area contributed by atoms with Gasteiger partial charge in [-0.3, -0.25) is 4.79 Å². The summed E-state index contributed by atoms with van der Waals surface area (Å²) in [5.41, 5.74) is 1.67. The quantitative estimate of drug-likeness (QED) is 0.733. The summed E-state index contributed by atoms with van der Waals surface area (Å²) in [5, 5.41) is 14.9. The van der Waals surface area contributed by atoms with Crippen molar-refractivity contribution >= 4 is 28.9 Å². The van der Waals surface area contributed by atoms with Crippen molar-refractivity contribution < 1.29 is 14.3 Å². The number of aliphatic hydroxyl groups is 1. The maximum atomic E-state index is 11.7. The molecule has 3 N–H and O–H groups in total. The zero-order chi connectivity index (χ0) is 16.8. The Bertz CT molecular complexity index is 677. The average molecular weight is 332 g/mol. The van der Waals surface area contributed by atoms with Crippen molar-refractivity contribution in [1.29, 1.82) is 0 Å². The van der Waals surface area contributed by atoms with Crippen LogP contribution in [0.2, 0.25) is 0 Å². The average Bonchev–Trinajstić information content (AvgIpc) is 2.95. The zero-order valence-corrected chi connectivity index (χ0v) is 13.9. The lowest BCUT2D eigenvalue weighted by molar-refractivity contribution is -0.120. The Morgan fingerprint density at radius 3 is 2.48 bits per heavy atom. The number of amides is 1. The molecule has 0 bridgehead atoms. The number of carbonyl (C=O) groups excluding carboxylic acids is 1. The summed E-state index contributed by atoms with van der Waals surface area (Å²) in [6, 6.07) is 11.0. The molecule has 2 rings (SSSR count). The standard InChI is InChI=1S/C17H20N2O3S/c1-11(2)9-16(21)19-17(23)18-13-5-3-12(4-6-13)15-8-7-14(10-20)22-15/h3-8,11,20H,9-10H2,1-2H3,(H2,18,19,21,23). The van der Waals surface area contributed by atoms with Crippen LogP contribution in [0, 0.1) is 5.92 Å². The highest BCUT2D eigenvalue weighted by Gasteiger charge is 2.08. The molecule has 1 heterocycles. The minimum Gasteiger partial charge on any atom is -0.459 e. The number of hydrogen-bond acceptors (Lipinski definition) is 4. The van der Waals surface area contributed by atoms with E-state index in [1.54, 1.807) is 6.07 Å². The first-order chi connectivity index (χ1) is 11.0. The van der Waals surface area contributed by atoms with Crippen LogP contribution in [0.4, 0.5) is 5.69 Å². The molecular formula is C17H20N2O3S. The molecule has 0 aliphatic heterocycles. The van der Waals surface area contributed by atoms with Gasteiger partial charge in [0.25, 0.3) is 0 Å². The van der Waals surface area contributed by atoms with Crippen LogP contribution in [0.1, 0.15) is 26.0 Å². The minimum atomic E-state index is -0.121. The summed E-state index contributed by atoms with van der Waals surface area (Å²) >= 11 is 5.12. The van der Waals surface area contributed by atoms with Crippen LogP contribution in [-0.2, 0) is 11.4 Å². The van der Waals surface area contributed by atoms with E-state index in [0.717, 1.165) is 11.3 Å². The molecule has 1 aromatic carbocycles. The Hall–Kier alpha value is -2.18. The van der Waals surface area contributed by atoms with Gasteiger partial charge in [0.1, 0.15) is 18.1 Å². The van der Waals surface area contributed by atoms with Crippen molar-refractivity contribution in [2.75, 3.05) is 5.32 Å². The lowest BCUT2D eigenvalue weighted by atomic mass is 10.1. The monoisotopic (exact) mass is 332 g/mol. The zero-order valence-electron chi connectivity index (χ0n) is 13.1. The van der Waals surface area contributed by atoms with Crippen LogP contribution < -0.4 is 10.6 Å². The Kier molecular flexibility index (Phi) is 5.90. The first kappa shape index (κ1) is 17.2. The van der Waals surface area contributed by atoms with Crippen LogP contribution >= 0.6 is 12.2 Å². The van der Waals surface area contributed by atoms with Gasteiger partial charge in [-0.05, 0) is 54.5 Å². The van der Waals surface area contributed by atoms with Crippen molar-refractivity contribution in [3.63, 3.8) is 0 Å². The van der Waals surface area contributed by atoms with Crippen molar-refractivity contribution in [3.05, 3.63) is 42.2 Å². The molecule has 0 unspecified atom stereocenters. The summed E-state index contributed by atoms with van der Waals surface area (Å²) in [4.78, 5) is 11.7. The third-order valence-electron chi connectivity index (χ3n) is 3.09. The largest absolute Gasteiger partial charge is 0.459 e. The number of thiocarbonyl (C=S) groups is 1. The Balaban J connectivity index is 1.94. The van der Waals surface area contributed by atoms with Crippen LogP contribution in [0.25, 0.3) is 11.3 Å². The van der Waals surface area contributed by atoms with E-state index in [1.165, 1.54) is 0 Å². The van der Waals surface area contributed by atoms with Crippen molar-refractivity contribution in [3.8, 4) is 11.3 Å². The maximum Gasteiger partial charge on any atom is 0.226 e. The second-order valence-corrected chi connectivity index (χ2v) is 6.01. The minimum absolute atomic E-state index is 0.0961. The summed E-state index contributed by atoms with van der Waals surface area (Å²) in [6.07, 6.45) is 0.437. The number of hydrogen-bond donors (Lipinski definition) is 3. The van der Waals surface area contributed by atoms with Gasteiger partial charge < -0.3 is 20.2 Å². The third kappa shape index (κ3) is 5.19. The Labute approximate surface area is 140 Å². The molecule has 0 aliphatic carbocycles. The van der Waals surface area contributed by atoms with Crippen molar-refractivity contribution in [1.82, 2.24) is 5.32 Å². The lowest BCUT2D eigenvalue weighted by Gasteiger charge is -2.10. The van der Waals surface area contributed by atoms with Gasteiger partial charge in [-0.25, -0.2) is 0 Å². The fourth-order valence-corrected chi connectivity index (χ4v) is 2.28. The topological polar surface area (TPSA) is 74.5 Å². The normalized spacial score (nSPS) is 10.6. The lowest BCUT2D eigenvalue weighted by Crippen LogP contribution is -2.34. The second kappa shape index (κ2) is 7.89. The SMILES string of the molecule is CC(C)CC(=O)NC(=S)Nc1ccc(-c2ccc(CO)o2)cc1. The molecule has 0 saturated heterocycles. The van der Waals surface area contributed by atoms with E-state index in [1.807, 2.05) is 44.2 Å². The summed E-state index contributed by atoms with van der Waals surface area (Å²) in [6.45, 7) is 3.83. The number of aliphatic hydroxyl groups excluding tert-OH is 1. The molecule has 23 heavy (non-hydrogen) atoms. The van der Waals surface area contributed by atoms with Gasteiger partial charge in [-0.2, -0.15) is 0 Å². The van der Waals surface area contributed by atoms with Crippen LogP contribution in [-0.4, -0.2) is 16.1 Å². The molecule has 122 valence electrons. The Morgan fingerprint density at radius 2 is 1.91 bits per heavy atom. The molecule has 0 atom stereocenters. The number of benzene rings is 1. The van der Waals surface area contributed by atoms with E-state index in [4.69, 9.17) is 21.7 Å². The molecule has 2 aromatic rings. The molecule has 5 nitrogen and oxygen atoms in total. The van der Waals surface area contributed by atoms with Crippen molar-refractivity contribution in [2.24, 2.45) is 5.92 Å². The molecule has 0 saturated carbocycles. The smallest absolute Gasteiger partial charge is 0.226 e. The third-order valence-corrected chi connectivity index (χ3v) is 3.30. The van der Waals surface area contributed by atoms with Crippen molar-refractivity contribution in [2.45, 2.75) is 26.9 Å². The van der Waals surface area contributed by atoms with E-state index in [9.17, 15) is 4.79 Å². The molecule has 1 aromatic heterocycles. The van der Waals surface area contributed by atoms with E-state index >= 15 is 0 Å². The molecule has 0 spiro atoms. The Morgan fingerprint density at radius 1 is 1.22 bits per heavy atom. The fraction of sp³-hybridized carbons (Fsp3) is 0.294. The number of anilines is 1. The van der Waals surface area contributed by atoms with Crippen LogP contribution in [0.15, 0.2) is 40.8 Å². The van der Waals surface area contributed by atoms with Crippen LogP contribution in [0.3, 0.4) is 0 Å². The highest BCUT2D eigenvalue weighted by atomic mass is 32.1. The first-order valence-corrected chi connectivity index (χ1v) is 7.79. The van der Waals surface area contributed by atoms with Gasteiger partial charge in [0.05, 0.1) is 0 Å². The number of furan rings is 1. The molecule has 1 amide bonds. The first-order valence-electron chi connectivity index (χ1n) is 7.38. The molecule has 0 aliphatic rings. The summed E-state index contributed by atoms with van der Waals surface area (Å²) < 4.78 is 5.48. The van der Waals surface area contributed by atoms with Gasteiger partial charge in [0.15, 0.2) is 5.11 Å². The van der Waals surface area contributed by atoms with Gasteiger partial charge in [-0.15, -0.1) is 0 Å². The molecular weight excluding hydrogens is 312 g/mol. The van der Waals surface area contributed by atoms with Gasteiger partial charge >= 0.3 is 0 Å². The van der Waals surface area contributed by atoms with Gasteiger partial charge in [0, 0.05) is 17.7 Å². The molecule has 0 radical (unpaired) electrons. The molecule has 0 fully saturated rings. The van der Waals surface area contributed by atoms with E-state index in [-0.39, 0.29) is 23.5 Å². The number of nitrogens with one attached hydrogen (secondary N) is 2. The van der Waals surface area contributed by atoms with Crippen LogP contribution in [0.5, 0.6) is 0 Å². The number of rotatable bonds is 5. The maximum absolute atomic E-state index is 11.7. The number of carbonyl (C=O) groups is 1. The highest BCUT2D eigenvalue weighted by Crippen LogP contribution is 2.23. The molecule has 6 heteroatoms. The van der Waals surface area contributed by atoms with Gasteiger partial charge in [-0.1, -0.05) is 13.8 Å². The summed E-state index contributed by atoms with van der Waals surface area (Å²) in [7, 11) is 0. The predicted molar refractivity (Wildman–Crippen MR) is 93.9 cm³/mol.